The first-order valence-electron chi connectivity index (χ1n) is 8.92. The van der Waals surface area contributed by atoms with Gasteiger partial charge < -0.3 is 19.9 Å². The van der Waals surface area contributed by atoms with Crippen molar-refractivity contribution in [3.8, 4) is 0 Å². The standard InChI is InChI=1S/C17H29N3O4/c1-4-24-17(23)19-7-5-14(6-8-19)18-15(21)16(22)20-10-12(2)9-13(3)11-20/h12-14H,4-11H2,1-3H3,(H,18,21). The van der Waals surface area contributed by atoms with Crippen molar-refractivity contribution in [1.29, 1.82) is 0 Å². The summed E-state index contributed by atoms with van der Waals surface area (Å²) in [6, 6.07) is -0.0632. The zero-order valence-electron chi connectivity index (χ0n) is 14.9. The minimum Gasteiger partial charge on any atom is -0.450 e. The number of amides is 3. The summed E-state index contributed by atoms with van der Waals surface area (Å²) >= 11 is 0. The molecule has 136 valence electrons. The third-order valence-corrected chi connectivity index (χ3v) is 4.71. The summed E-state index contributed by atoms with van der Waals surface area (Å²) < 4.78 is 4.97. The van der Waals surface area contributed by atoms with Crippen LogP contribution in [0, 0.1) is 11.8 Å². The van der Waals surface area contributed by atoms with Crippen LogP contribution < -0.4 is 5.32 Å². The fourth-order valence-corrected chi connectivity index (χ4v) is 3.64. The van der Waals surface area contributed by atoms with Gasteiger partial charge in [0.05, 0.1) is 6.61 Å². The van der Waals surface area contributed by atoms with Gasteiger partial charge in [-0.1, -0.05) is 13.8 Å². The van der Waals surface area contributed by atoms with Gasteiger partial charge in [-0.15, -0.1) is 0 Å². The number of carbonyl (C=O) groups is 3. The molecule has 2 unspecified atom stereocenters. The number of hydrogen-bond acceptors (Lipinski definition) is 4. The maximum Gasteiger partial charge on any atom is 0.409 e. The highest BCUT2D eigenvalue weighted by atomic mass is 16.6. The van der Waals surface area contributed by atoms with Crippen molar-refractivity contribution >= 4 is 17.9 Å². The van der Waals surface area contributed by atoms with E-state index in [0.717, 1.165) is 6.42 Å². The lowest BCUT2D eigenvalue weighted by molar-refractivity contribution is -0.148. The molecular formula is C17H29N3O4. The van der Waals surface area contributed by atoms with E-state index in [1.165, 1.54) is 0 Å². The molecule has 0 aliphatic carbocycles. The van der Waals surface area contributed by atoms with E-state index in [2.05, 4.69) is 19.2 Å². The van der Waals surface area contributed by atoms with E-state index in [1.54, 1.807) is 16.7 Å². The van der Waals surface area contributed by atoms with Gasteiger partial charge in [0.2, 0.25) is 0 Å². The molecule has 2 aliphatic heterocycles. The maximum atomic E-state index is 12.3. The molecule has 2 fully saturated rings. The summed E-state index contributed by atoms with van der Waals surface area (Å²) in [7, 11) is 0. The van der Waals surface area contributed by atoms with E-state index in [-0.39, 0.29) is 12.1 Å². The second-order valence-corrected chi connectivity index (χ2v) is 7.09. The third-order valence-electron chi connectivity index (χ3n) is 4.71. The summed E-state index contributed by atoms with van der Waals surface area (Å²) in [5.74, 6) is -0.0938. The average Bonchev–Trinajstić information content (AvgIpc) is 2.54. The molecule has 2 saturated heterocycles. The lowest BCUT2D eigenvalue weighted by Crippen LogP contribution is -2.53. The van der Waals surface area contributed by atoms with Crippen LogP contribution in [0.3, 0.4) is 0 Å². The smallest absolute Gasteiger partial charge is 0.409 e. The fourth-order valence-electron chi connectivity index (χ4n) is 3.64. The van der Waals surface area contributed by atoms with Gasteiger partial charge >= 0.3 is 17.9 Å². The van der Waals surface area contributed by atoms with Gasteiger partial charge in [0, 0.05) is 32.2 Å². The van der Waals surface area contributed by atoms with E-state index in [4.69, 9.17) is 4.74 Å². The summed E-state index contributed by atoms with van der Waals surface area (Å²) in [6.07, 6.45) is 2.07. The molecule has 0 saturated carbocycles. The Morgan fingerprint density at radius 2 is 1.62 bits per heavy atom. The van der Waals surface area contributed by atoms with Gasteiger partial charge in [-0.25, -0.2) is 4.79 Å². The summed E-state index contributed by atoms with van der Waals surface area (Å²) in [5, 5.41) is 2.83. The Morgan fingerprint density at radius 1 is 1.04 bits per heavy atom. The minimum absolute atomic E-state index is 0.0632. The Morgan fingerprint density at radius 3 is 2.17 bits per heavy atom. The predicted molar refractivity (Wildman–Crippen MR) is 89.3 cm³/mol. The summed E-state index contributed by atoms with van der Waals surface area (Å²) in [4.78, 5) is 39.6. The van der Waals surface area contributed by atoms with Crippen LogP contribution in [0.5, 0.6) is 0 Å². The molecule has 2 aliphatic rings. The van der Waals surface area contributed by atoms with Crippen molar-refractivity contribution in [1.82, 2.24) is 15.1 Å². The van der Waals surface area contributed by atoms with Crippen LogP contribution in [0.1, 0.15) is 40.0 Å². The summed E-state index contributed by atoms with van der Waals surface area (Å²) in [5.41, 5.74) is 0. The topological polar surface area (TPSA) is 79.0 Å². The highest BCUT2D eigenvalue weighted by Gasteiger charge is 2.31. The van der Waals surface area contributed by atoms with Crippen molar-refractivity contribution in [2.75, 3.05) is 32.8 Å². The van der Waals surface area contributed by atoms with E-state index in [0.29, 0.717) is 57.5 Å². The maximum absolute atomic E-state index is 12.3. The Balaban J connectivity index is 1.78. The molecular weight excluding hydrogens is 310 g/mol. The molecule has 0 aromatic heterocycles. The van der Waals surface area contributed by atoms with Gasteiger partial charge in [-0.3, -0.25) is 9.59 Å². The molecule has 0 bridgehead atoms. The van der Waals surface area contributed by atoms with Crippen molar-refractivity contribution in [3.63, 3.8) is 0 Å². The molecule has 2 heterocycles. The number of nitrogens with one attached hydrogen (secondary N) is 1. The van der Waals surface area contributed by atoms with Crippen LogP contribution in [0.15, 0.2) is 0 Å². The molecule has 7 heteroatoms. The number of likely N-dealkylation sites (tertiary alicyclic amines) is 2. The van der Waals surface area contributed by atoms with Crippen LogP contribution in [0.2, 0.25) is 0 Å². The fraction of sp³-hybridized carbons (Fsp3) is 0.824. The number of nitrogens with zero attached hydrogens (tertiary/aromatic N) is 2. The van der Waals surface area contributed by atoms with Gasteiger partial charge in [-0.05, 0) is 38.0 Å². The monoisotopic (exact) mass is 339 g/mol. The first-order chi connectivity index (χ1) is 11.4. The molecule has 0 radical (unpaired) electrons. The van der Waals surface area contributed by atoms with Crippen molar-refractivity contribution in [3.05, 3.63) is 0 Å². The van der Waals surface area contributed by atoms with E-state index in [9.17, 15) is 14.4 Å². The predicted octanol–water partition coefficient (Wildman–Crippen LogP) is 1.23. The van der Waals surface area contributed by atoms with E-state index < -0.39 is 11.8 Å². The molecule has 0 spiro atoms. The zero-order valence-corrected chi connectivity index (χ0v) is 14.9. The molecule has 3 amide bonds. The Kier molecular flexibility index (Phi) is 6.45. The molecule has 0 aromatic carbocycles. The number of piperidine rings is 2. The van der Waals surface area contributed by atoms with Crippen molar-refractivity contribution in [2.45, 2.75) is 46.1 Å². The van der Waals surface area contributed by atoms with Gasteiger partial charge in [0.1, 0.15) is 0 Å². The third kappa shape index (κ3) is 4.85. The average molecular weight is 339 g/mol. The minimum atomic E-state index is -0.522. The molecule has 2 atom stereocenters. The molecule has 24 heavy (non-hydrogen) atoms. The molecule has 7 nitrogen and oxygen atoms in total. The highest BCUT2D eigenvalue weighted by Crippen LogP contribution is 2.21. The Labute approximate surface area is 143 Å². The SMILES string of the molecule is CCOC(=O)N1CCC(NC(=O)C(=O)N2CC(C)CC(C)C2)CC1. The van der Waals surface area contributed by atoms with Crippen LogP contribution in [0.25, 0.3) is 0 Å². The zero-order chi connectivity index (χ0) is 17.7. The second kappa shape index (κ2) is 8.35. The van der Waals surface area contributed by atoms with Crippen LogP contribution in [0.4, 0.5) is 4.79 Å². The van der Waals surface area contributed by atoms with Gasteiger partial charge in [0.25, 0.3) is 0 Å². The first kappa shape index (κ1) is 18.5. The lowest BCUT2D eigenvalue weighted by atomic mass is 9.92. The number of rotatable bonds is 2. The summed E-state index contributed by atoms with van der Waals surface area (Å²) in [6.45, 7) is 8.73. The molecule has 2 rings (SSSR count). The van der Waals surface area contributed by atoms with Crippen LogP contribution in [-0.2, 0) is 14.3 Å². The highest BCUT2D eigenvalue weighted by molar-refractivity contribution is 6.35. The first-order valence-corrected chi connectivity index (χ1v) is 8.92. The number of hydrogen-bond donors (Lipinski definition) is 1. The Hall–Kier alpha value is -1.79. The number of ether oxygens (including phenoxy) is 1. The molecule has 0 aromatic rings. The van der Waals surface area contributed by atoms with E-state index >= 15 is 0 Å². The van der Waals surface area contributed by atoms with Crippen molar-refractivity contribution in [2.24, 2.45) is 11.8 Å². The van der Waals surface area contributed by atoms with E-state index in [1.807, 2.05) is 0 Å². The number of carbonyl (C=O) groups excluding carboxylic acids is 3. The molecule has 1 N–H and O–H groups in total. The second-order valence-electron chi connectivity index (χ2n) is 7.09. The lowest BCUT2D eigenvalue weighted by Gasteiger charge is -2.35. The largest absolute Gasteiger partial charge is 0.450 e. The quantitative estimate of drug-likeness (QED) is 0.768. The Bertz CT molecular complexity index is 464. The van der Waals surface area contributed by atoms with Crippen LogP contribution >= 0.6 is 0 Å². The van der Waals surface area contributed by atoms with Gasteiger partial charge in [0.15, 0.2) is 0 Å². The van der Waals surface area contributed by atoms with Crippen LogP contribution in [-0.4, -0.2) is 66.5 Å². The van der Waals surface area contributed by atoms with Gasteiger partial charge in [-0.2, -0.15) is 0 Å². The normalized spacial score (nSPS) is 25.3. The van der Waals surface area contributed by atoms with Crippen molar-refractivity contribution < 1.29 is 19.1 Å².